The van der Waals surface area contributed by atoms with Gasteiger partial charge < -0.3 is 9.64 Å². The van der Waals surface area contributed by atoms with Crippen molar-refractivity contribution >= 4 is 5.71 Å². The summed E-state index contributed by atoms with van der Waals surface area (Å²) in [6.45, 7) is 9.49. The van der Waals surface area contributed by atoms with E-state index in [-0.39, 0.29) is 24.1 Å². The summed E-state index contributed by atoms with van der Waals surface area (Å²) in [6.07, 6.45) is 7.18. The minimum absolute atomic E-state index is 0.0757. The number of rotatable bonds is 9. The molecule has 2 aliphatic rings. The first-order chi connectivity index (χ1) is 15.3. The Hall–Kier alpha value is -2.41. The number of nitrogens with zero attached hydrogens (tertiary/aromatic N) is 3. The normalized spacial score (nSPS) is 26.3. The van der Waals surface area contributed by atoms with Crippen molar-refractivity contribution in [1.82, 2.24) is 10.3 Å². The Bertz CT molecular complexity index is 797. The lowest BCUT2D eigenvalue weighted by atomic mass is 9.83. The van der Waals surface area contributed by atoms with E-state index < -0.39 is 5.03 Å². The van der Waals surface area contributed by atoms with Gasteiger partial charge in [0.05, 0.1) is 18.8 Å². The van der Waals surface area contributed by atoms with Crippen LogP contribution in [0.25, 0.3) is 0 Å². The zero-order chi connectivity index (χ0) is 23.1. The molecule has 1 heterocycles. The third-order valence-electron chi connectivity index (χ3n) is 6.64. The van der Waals surface area contributed by atoms with Crippen molar-refractivity contribution in [3.63, 3.8) is 0 Å². The molecule has 0 spiro atoms. The second-order valence-corrected chi connectivity index (χ2v) is 9.54. The molecule has 2 atom stereocenters. The lowest BCUT2D eigenvalue weighted by Gasteiger charge is -2.35. The number of hydrogen-bond acceptors (Lipinski definition) is 5. The van der Waals surface area contributed by atoms with Gasteiger partial charge in [0.15, 0.2) is 5.03 Å². The Labute approximate surface area is 192 Å². The first-order valence-electron chi connectivity index (χ1n) is 11.9. The number of nitrogens with one attached hydrogen (secondary N) is 1. The summed E-state index contributed by atoms with van der Waals surface area (Å²) in [5.74, 6) is 0.879. The molecule has 0 radical (unpaired) electrons. The number of aliphatic imine (C=N–C) groups is 1. The summed E-state index contributed by atoms with van der Waals surface area (Å²) in [4.78, 5) is 18.0. The molecule has 2 fully saturated rings. The van der Waals surface area contributed by atoms with Gasteiger partial charge in [-0.25, -0.2) is 10.1 Å². The fourth-order valence-electron chi connectivity index (χ4n) is 4.94. The van der Waals surface area contributed by atoms with Crippen LogP contribution >= 0.6 is 0 Å². The molecule has 1 N–H and O–H groups in total. The highest BCUT2D eigenvalue weighted by Gasteiger charge is 2.39. The fourth-order valence-corrected chi connectivity index (χ4v) is 4.94. The van der Waals surface area contributed by atoms with Crippen LogP contribution in [0.15, 0.2) is 47.2 Å². The SMILES string of the molecule is CC(C)=N/C=C(\C(C)C)N1CCC(N[N+](=O)[O-])C1COC1CCC(c2ccccc2)CC1. The summed E-state index contributed by atoms with van der Waals surface area (Å²) in [7, 11) is 0. The van der Waals surface area contributed by atoms with Gasteiger partial charge in [0.2, 0.25) is 0 Å². The second kappa shape index (κ2) is 11.5. The van der Waals surface area contributed by atoms with Crippen molar-refractivity contribution in [2.45, 2.75) is 83.9 Å². The molecule has 3 rings (SSSR count). The van der Waals surface area contributed by atoms with Crippen LogP contribution in [-0.2, 0) is 4.74 Å². The van der Waals surface area contributed by atoms with Gasteiger partial charge in [0, 0.05) is 24.2 Å². The Kier molecular flexibility index (Phi) is 8.67. The topological polar surface area (TPSA) is 80.0 Å². The molecule has 0 aromatic heterocycles. The van der Waals surface area contributed by atoms with Crippen molar-refractivity contribution in [2.24, 2.45) is 10.9 Å². The lowest BCUT2D eigenvalue weighted by Crippen LogP contribution is -2.48. The van der Waals surface area contributed by atoms with E-state index >= 15 is 0 Å². The monoisotopic (exact) mass is 442 g/mol. The number of allylic oxidation sites excluding steroid dienone is 1. The maximum atomic E-state index is 11.2. The highest BCUT2D eigenvalue weighted by Crippen LogP contribution is 2.35. The Morgan fingerprint density at radius 3 is 2.50 bits per heavy atom. The molecular weight excluding hydrogens is 404 g/mol. The molecule has 1 aliphatic heterocycles. The number of hydrazine groups is 1. The zero-order valence-electron chi connectivity index (χ0n) is 19.9. The predicted molar refractivity (Wildman–Crippen MR) is 128 cm³/mol. The van der Waals surface area contributed by atoms with Crippen LogP contribution in [0.4, 0.5) is 0 Å². The third kappa shape index (κ3) is 6.55. The molecule has 32 heavy (non-hydrogen) atoms. The summed E-state index contributed by atoms with van der Waals surface area (Å²) in [5.41, 5.74) is 6.05. The van der Waals surface area contributed by atoms with Crippen LogP contribution in [0.5, 0.6) is 0 Å². The summed E-state index contributed by atoms with van der Waals surface area (Å²) >= 11 is 0. The van der Waals surface area contributed by atoms with Gasteiger partial charge in [-0.05, 0) is 63.4 Å². The van der Waals surface area contributed by atoms with Crippen LogP contribution in [-0.4, -0.2) is 47.0 Å². The van der Waals surface area contributed by atoms with E-state index in [1.54, 1.807) is 0 Å². The van der Waals surface area contributed by atoms with Crippen LogP contribution in [0.1, 0.15) is 71.3 Å². The van der Waals surface area contributed by atoms with Crippen molar-refractivity contribution in [3.8, 4) is 0 Å². The minimum Gasteiger partial charge on any atom is -0.376 e. The zero-order valence-corrected chi connectivity index (χ0v) is 19.9. The average molecular weight is 443 g/mol. The molecule has 1 aliphatic carbocycles. The highest BCUT2D eigenvalue weighted by atomic mass is 16.7. The van der Waals surface area contributed by atoms with E-state index in [0.29, 0.717) is 18.9 Å². The van der Waals surface area contributed by atoms with Crippen LogP contribution in [0.2, 0.25) is 0 Å². The molecule has 1 saturated heterocycles. The number of nitro groups is 1. The molecule has 1 saturated carbocycles. The summed E-state index contributed by atoms with van der Waals surface area (Å²) in [5, 5.41) is 10.8. The lowest BCUT2D eigenvalue weighted by molar-refractivity contribution is -0.551. The van der Waals surface area contributed by atoms with Crippen LogP contribution in [0.3, 0.4) is 0 Å². The van der Waals surface area contributed by atoms with E-state index in [1.807, 2.05) is 20.0 Å². The predicted octanol–water partition coefficient (Wildman–Crippen LogP) is 4.93. The van der Waals surface area contributed by atoms with Gasteiger partial charge in [-0.15, -0.1) is 5.43 Å². The standard InChI is InChI=1S/C25H38N4O3/c1-18(2)24(16-26-19(3)4)28-15-14-23(27-29(30)31)25(28)17-32-22-12-10-21(11-13-22)20-8-6-5-7-9-20/h5-9,16,18,21-23,25,27H,10-15,17H2,1-4H3/b24-16+. The van der Waals surface area contributed by atoms with Crippen LogP contribution in [0, 0.1) is 16.0 Å². The number of hydrogen-bond donors (Lipinski definition) is 1. The average Bonchev–Trinajstić information content (AvgIpc) is 3.14. The van der Waals surface area contributed by atoms with Gasteiger partial charge in [-0.3, -0.25) is 4.99 Å². The molecule has 0 amide bonds. The van der Waals surface area contributed by atoms with E-state index in [2.05, 4.69) is 59.5 Å². The first-order valence-corrected chi connectivity index (χ1v) is 11.9. The maximum absolute atomic E-state index is 11.2. The Morgan fingerprint density at radius 1 is 1.22 bits per heavy atom. The first kappa shape index (κ1) is 24.2. The maximum Gasteiger partial charge on any atom is 0.157 e. The molecule has 176 valence electrons. The molecular formula is C25H38N4O3. The van der Waals surface area contributed by atoms with E-state index in [0.717, 1.165) is 43.6 Å². The van der Waals surface area contributed by atoms with Gasteiger partial charge >= 0.3 is 0 Å². The van der Waals surface area contributed by atoms with Gasteiger partial charge in [-0.1, -0.05) is 44.2 Å². The van der Waals surface area contributed by atoms with Crippen molar-refractivity contribution in [3.05, 3.63) is 57.9 Å². The summed E-state index contributed by atoms with van der Waals surface area (Å²) < 4.78 is 6.38. The molecule has 2 unspecified atom stereocenters. The number of ether oxygens (including phenoxy) is 1. The van der Waals surface area contributed by atoms with Crippen molar-refractivity contribution in [2.75, 3.05) is 13.2 Å². The van der Waals surface area contributed by atoms with Crippen molar-refractivity contribution < 1.29 is 9.77 Å². The van der Waals surface area contributed by atoms with Gasteiger partial charge in [0.1, 0.15) is 6.04 Å². The molecule has 0 bridgehead atoms. The van der Waals surface area contributed by atoms with Crippen molar-refractivity contribution in [1.29, 1.82) is 0 Å². The highest BCUT2D eigenvalue weighted by molar-refractivity contribution is 5.79. The molecule has 1 aromatic rings. The Morgan fingerprint density at radius 2 is 1.91 bits per heavy atom. The smallest absolute Gasteiger partial charge is 0.157 e. The Balaban J connectivity index is 1.64. The fraction of sp³-hybridized carbons (Fsp3) is 0.640. The molecule has 7 nitrogen and oxygen atoms in total. The molecule has 1 aromatic carbocycles. The summed E-state index contributed by atoms with van der Waals surface area (Å²) in [6, 6.07) is 10.4. The molecule has 7 heteroatoms. The van der Waals surface area contributed by atoms with Gasteiger partial charge in [-0.2, -0.15) is 0 Å². The van der Waals surface area contributed by atoms with E-state index in [4.69, 9.17) is 4.74 Å². The largest absolute Gasteiger partial charge is 0.376 e. The minimum atomic E-state index is -0.417. The number of benzene rings is 1. The van der Waals surface area contributed by atoms with E-state index in [1.165, 1.54) is 5.56 Å². The number of likely N-dealkylation sites (tertiary alicyclic amines) is 1. The van der Waals surface area contributed by atoms with Gasteiger partial charge in [0.25, 0.3) is 0 Å². The second-order valence-electron chi connectivity index (χ2n) is 9.54. The van der Waals surface area contributed by atoms with Crippen LogP contribution < -0.4 is 5.43 Å². The quantitative estimate of drug-likeness (QED) is 0.333. The van der Waals surface area contributed by atoms with E-state index in [9.17, 15) is 10.1 Å². The third-order valence-corrected chi connectivity index (χ3v) is 6.64.